The molecule has 0 aliphatic carbocycles. The van der Waals surface area contributed by atoms with Crippen LogP contribution in [0, 0.1) is 0 Å². The van der Waals surface area contributed by atoms with E-state index in [1.165, 1.54) is 0 Å². The largest absolute Gasteiger partial charge is 0.391 e. The van der Waals surface area contributed by atoms with Gasteiger partial charge in [-0.2, -0.15) is 0 Å². The molecule has 0 saturated carbocycles. The van der Waals surface area contributed by atoms with Crippen LogP contribution in [-0.2, 0) is 0 Å². The lowest BCUT2D eigenvalue weighted by atomic mass is 10.4. The lowest BCUT2D eigenvalue weighted by molar-refractivity contribution is 0.192. The smallest absolute Gasteiger partial charge is 0.0740 e. The van der Waals surface area contributed by atoms with Gasteiger partial charge in [-0.1, -0.05) is 0 Å². The second-order valence-corrected chi connectivity index (χ2v) is 4.72. The zero-order chi connectivity index (χ0) is 6.73. The van der Waals surface area contributed by atoms with Crippen LogP contribution in [0.1, 0.15) is 6.92 Å². The molecule has 0 aliphatic rings. The van der Waals surface area contributed by atoms with Gasteiger partial charge in [-0.15, -0.1) is 0 Å². The second-order valence-electron chi connectivity index (χ2n) is 2.19. The summed E-state index contributed by atoms with van der Waals surface area (Å²) in [4.78, 5) is 0. The molecule has 0 aromatic heterocycles. The van der Waals surface area contributed by atoms with Gasteiger partial charge in [-0.3, -0.25) is 0 Å². The van der Waals surface area contributed by atoms with Crippen LogP contribution in [0.3, 0.4) is 0 Å². The van der Waals surface area contributed by atoms with Gasteiger partial charge in [0.25, 0.3) is 0 Å². The molecule has 2 atom stereocenters. The molecular weight excluding hydrogens is 122 g/mol. The molecule has 3 heteroatoms. The summed E-state index contributed by atoms with van der Waals surface area (Å²) < 4.78 is 0. The first-order chi connectivity index (χ1) is 3.55. The Balaban J connectivity index is 3.46. The number of rotatable bonds is 2. The van der Waals surface area contributed by atoms with E-state index in [0.717, 1.165) is 0 Å². The van der Waals surface area contributed by atoms with Gasteiger partial charge in [0.05, 0.1) is 11.5 Å². The van der Waals surface area contributed by atoms with Crippen LogP contribution in [0.15, 0.2) is 0 Å². The molecule has 2 nitrogen and oxygen atoms in total. The minimum atomic E-state index is -0.351. The van der Waals surface area contributed by atoms with Crippen molar-refractivity contribution < 1.29 is 5.11 Å². The Labute approximate surface area is 53.4 Å². The molecule has 0 aliphatic heterocycles. The average Bonchev–Trinajstić information content (AvgIpc) is 1.64. The minimum absolute atomic E-state index is 0.00926. The summed E-state index contributed by atoms with van der Waals surface area (Å²) in [6.45, 7) is 1.73. The quantitative estimate of drug-likeness (QED) is 0.466. The number of thiol groups is 1. The van der Waals surface area contributed by atoms with Crippen molar-refractivity contribution in [2.45, 2.75) is 18.4 Å². The topological polar surface area (TPSA) is 46.2 Å². The van der Waals surface area contributed by atoms with Crippen molar-refractivity contribution in [2.75, 3.05) is 12.5 Å². The number of hydrogen-bond acceptors (Lipinski definition) is 2. The van der Waals surface area contributed by atoms with Crippen LogP contribution >= 0.6 is 10.9 Å². The zero-order valence-electron chi connectivity index (χ0n) is 5.63. The van der Waals surface area contributed by atoms with E-state index >= 15 is 0 Å². The predicted molar refractivity (Wildman–Crippen MR) is 40.5 cm³/mol. The molecular formula is C5H15NOS. The normalized spacial score (nSPS) is 19.9. The van der Waals surface area contributed by atoms with Crippen molar-refractivity contribution in [3.05, 3.63) is 0 Å². The fourth-order valence-electron chi connectivity index (χ4n) is 0.431. The molecule has 1 unspecified atom stereocenters. The van der Waals surface area contributed by atoms with Crippen molar-refractivity contribution in [1.82, 2.24) is 0 Å². The van der Waals surface area contributed by atoms with Crippen molar-refractivity contribution in [2.24, 2.45) is 5.73 Å². The molecule has 0 heterocycles. The first-order valence-electron chi connectivity index (χ1n) is 2.65. The van der Waals surface area contributed by atoms with Gasteiger partial charge < -0.3 is 10.8 Å². The van der Waals surface area contributed by atoms with Crippen molar-refractivity contribution in [3.8, 4) is 0 Å². The molecule has 52 valence electrons. The van der Waals surface area contributed by atoms with Crippen LogP contribution in [0.5, 0.6) is 0 Å². The molecule has 0 radical (unpaired) electrons. The van der Waals surface area contributed by atoms with Crippen molar-refractivity contribution in [3.63, 3.8) is 0 Å². The third-order valence-electron chi connectivity index (χ3n) is 1.09. The molecule has 0 fully saturated rings. The van der Waals surface area contributed by atoms with Crippen molar-refractivity contribution in [1.29, 1.82) is 0 Å². The highest BCUT2D eigenvalue weighted by Crippen LogP contribution is 2.19. The van der Waals surface area contributed by atoms with Gasteiger partial charge in [0.15, 0.2) is 0 Å². The van der Waals surface area contributed by atoms with Crippen LogP contribution in [0.4, 0.5) is 0 Å². The van der Waals surface area contributed by atoms with Gasteiger partial charge >= 0.3 is 0 Å². The number of aliphatic hydroxyl groups is 1. The van der Waals surface area contributed by atoms with Crippen LogP contribution in [0.2, 0.25) is 0 Å². The van der Waals surface area contributed by atoms with E-state index in [-0.39, 0.29) is 22.4 Å². The molecule has 0 spiro atoms. The van der Waals surface area contributed by atoms with Gasteiger partial charge in [-0.25, -0.2) is 10.9 Å². The summed E-state index contributed by atoms with van der Waals surface area (Å²) in [6, 6.07) is 0. The van der Waals surface area contributed by atoms with E-state index in [1.54, 1.807) is 6.92 Å². The summed E-state index contributed by atoms with van der Waals surface area (Å²) in [5, 5.41) is 8.87. The Kier molecular flexibility index (Phi) is 3.44. The first-order valence-corrected chi connectivity index (χ1v) is 4.96. The highest BCUT2D eigenvalue weighted by Gasteiger charge is 2.09. The van der Waals surface area contributed by atoms with E-state index in [0.29, 0.717) is 0 Å². The van der Waals surface area contributed by atoms with Crippen LogP contribution in [0.25, 0.3) is 0 Å². The fraction of sp³-hybridized carbons (Fsp3) is 1.00. The van der Waals surface area contributed by atoms with Gasteiger partial charge in [0, 0.05) is 0 Å². The van der Waals surface area contributed by atoms with E-state index in [2.05, 4.69) is 12.5 Å². The van der Waals surface area contributed by atoms with E-state index in [9.17, 15) is 0 Å². The third kappa shape index (κ3) is 2.55. The Morgan fingerprint density at radius 3 is 1.88 bits per heavy atom. The molecule has 8 heavy (non-hydrogen) atoms. The highest BCUT2D eigenvalue weighted by atomic mass is 32.2. The molecule has 0 amide bonds. The second kappa shape index (κ2) is 3.33. The molecule has 0 aromatic carbocycles. The summed E-state index contributed by atoms with van der Waals surface area (Å²) in [6.07, 6.45) is 3.77. The number of nitrogens with two attached hydrogens (primary N) is 1. The standard InChI is InChI=1S/C5H15NOS/c1-4(7)5(6)8(2)3/h4-5,7-8H,6H2,1-3H3/t4?,5-/m1/s1. The minimum Gasteiger partial charge on any atom is -0.391 e. The summed E-state index contributed by atoms with van der Waals surface area (Å²) in [7, 11) is -0.173. The first kappa shape index (κ1) is 8.27. The maximum atomic E-state index is 8.88. The molecule has 3 N–H and O–H groups in total. The summed E-state index contributed by atoms with van der Waals surface area (Å²) in [5.74, 6) is 0. The molecule has 0 aromatic rings. The SMILES string of the molecule is CC(O)[C@H](N)[SH](C)C. The van der Waals surface area contributed by atoms with Gasteiger partial charge in [0.1, 0.15) is 0 Å². The van der Waals surface area contributed by atoms with E-state index < -0.39 is 0 Å². The van der Waals surface area contributed by atoms with Crippen LogP contribution in [-0.4, -0.2) is 29.1 Å². The van der Waals surface area contributed by atoms with Crippen molar-refractivity contribution >= 4 is 10.9 Å². The highest BCUT2D eigenvalue weighted by molar-refractivity contribution is 8.16. The van der Waals surface area contributed by atoms with E-state index in [4.69, 9.17) is 10.8 Å². The molecule has 0 bridgehead atoms. The summed E-state index contributed by atoms with van der Waals surface area (Å²) in [5.41, 5.74) is 5.54. The Bertz CT molecular complexity index is 57.4. The maximum Gasteiger partial charge on any atom is 0.0740 e. The number of hydrogen-bond donors (Lipinski definition) is 3. The Morgan fingerprint density at radius 2 is 1.88 bits per heavy atom. The third-order valence-corrected chi connectivity index (χ3v) is 2.71. The summed E-state index contributed by atoms with van der Waals surface area (Å²) >= 11 is 0. The fourth-order valence-corrected chi connectivity index (χ4v) is 1.29. The lowest BCUT2D eigenvalue weighted by Gasteiger charge is -2.21. The lowest BCUT2D eigenvalue weighted by Crippen LogP contribution is -2.31. The van der Waals surface area contributed by atoms with Gasteiger partial charge in [0.2, 0.25) is 0 Å². The Hall–Kier alpha value is 0.270. The monoisotopic (exact) mass is 137 g/mol. The maximum absolute atomic E-state index is 8.88. The average molecular weight is 137 g/mol. The molecule has 0 saturated heterocycles. The number of aliphatic hydroxyl groups excluding tert-OH is 1. The van der Waals surface area contributed by atoms with Gasteiger partial charge in [-0.05, 0) is 19.4 Å². The van der Waals surface area contributed by atoms with Crippen LogP contribution < -0.4 is 5.73 Å². The van der Waals surface area contributed by atoms with E-state index in [1.807, 2.05) is 0 Å². The predicted octanol–water partition coefficient (Wildman–Crippen LogP) is -0.0872. The molecule has 0 rings (SSSR count). The Morgan fingerprint density at radius 1 is 1.50 bits per heavy atom. The zero-order valence-corrected chi connectivity index (χ0v) is 6.52.